The molecule has 0 spiro atoms. The second-order valence-corrected chi connectivity index (χ2v) is 5.83. The van der Waals surface area contributed by atoms with Crippen molar-refractivity contribution in [1.29, 1.82) is 0 Å². The highest BCUT2D eigenvalue weighted by Crippen LogP contribution is 2.36. The van der Waals surface area contributed by atoms with Gasteiger partial charge in [0.15, 0.2) is 0 Å². The lowest BCUT2D eigenvalue weighted by atomic mass is 9.88. The Morgan fingerprint density at radius 3 is 2.55 bits per heavy atom. The highest BCUT2D eigenvalue weighted by atomic mass is 16.6. The minimum absolute atomic E-state index is 0.0173. The lowest BCUT2D eigenvalue weighted by Crippen LogP contribution is -2.22. The SMILES string of the molecule is COC(=O)C1CCC2ON=C(c3ccc(OC)cc3)C2CC1. The number of hydrogen-bond donors (Lipinski definition) is 0. The van der Waals surface area contributed by atoms with E-state index in [1.807, 2.05) is 24.3 Å². The standard InChI is InChI=1S/C17H21NO4/c1-20-13-7-3-11(4-8-13)16-14-9-5-12(17(19)21-2)6-10-15(14)22-18-16/h3-4,7-8,12,14-15H,5-6,9-10H2,1-2H3. The fraction of sp³-hybridized carbons (Fsp3) is 0.529. The van der Waals surface area contributed by atoms with Crippen LogP contribution in [0.3, 0.4) is 0 Å². The maximum atomic E-state index is 11.8. The normalized spacial score (nSPS) is 27.2. The Kier molecular flexibility index (Phi) is 4.32. The average Bonchev–Trinajstić information content (AvgIpc) is 2.85. The predicted molar refractivity (Wildman–Crippen MR) is 81.9 cm³/mol. The van der Waals surface area contributed by atoms with Crippen LogP contribution in [0.5, 0.6) is 5.75 Å². The van der Waals surface area contributed by atoms with Crippen LogP contribution in [0.2, 0.25) is 0 Å². The third kappa shape index (κ3) is 2.80. The Balaban J connectivity index is 1.74. The predicted octanol–water partition coefficient (Wildman–Crippen LogP) is 2.78. The number of methoxy groups -OCH3 is 2. The van der Waals surface area contributed by atoms with Crippen LogP contribution in [0.4, 0.5) is 0 Å². The molecule has 1 aromatic carbocycles. The Bertz CT molecular complexity index is 567. The summed E-state index contributed by atoms with van der Waals surface area (Å²) in [5.74, 6) is 0.953. The molecule has 5 heteroatoms. The van der Waals surface area contributed by atoms with E-state index in [4.69, 9.17) is 14.3 Å². The first-order valence-electron chi connectivity index (χ1n) is 7.69. The highest BCUT2D eigenvalue weighted by molar-refractivity contribution is 6.03. The summed E-state index contributed by atoms with van der Waals surface area (Å²) in [5, 5.41) is 4.30. The second-order valence-electron chi connectivity index (χ2n) is 5.83. The molecule has 0 bridgehead atoms. The zero-order valence-electron chi connectivity index (χ0n) is 13.0. The van der Waals surface area contributed by atoms with E-state index in [1.165, 1.54) is 7.11 Å². The number of oxime groups is 1. The summed E-state index contributed by atoms with van der Waals surface area (Å²) in [6.07, 6.45) is 3.45. The molecule has 2 aliphatic rings. The maximum Gasteiger partial charge on any atom is 0.308 e. The molecule has 1 fully saturated rings. The van der Waals surface area contributed by atoms with E-state index in [1.54, 1.807) is 7.11 Å². The Labute approximate surface area is 130 Å². The molecule has 0 N–H and O–H groups in total. The Morgan fingerprint density at radius 1 is 1.14 bits per heavy atom. The molecule has 1 aliphatic heterocycles. The average molecular weight is 303 g/mol. The summed E-state index contributed by atoms with van der Waals surface area (Å²) < 4.78 is 10.1. The van der Waals surface area contributed by atoms with Crippen LogP contribution in [0.25, 0.3) is 0 Å². The highest BCUT2D eigenvalue weighted by Gasteiger charge is 2.39. The van der Waals surface area contributed by atoms with Gasteiger partial charge in [-0.05, 0) is 55.5 Å². The lowest BCUT2D eigenvalue weighted by molar-refractivity contribution is -0.145. The number of carbonyl (C=O) groups excluding carboxylic acids is 1. The summed E-state index contributed by atoms with van der Waals surface area (Å²) in [5.41, 5.74) is 2.04. The summed E-state index contributed by atoms with van der Waals surface area (Å²) in [7, 11) is 3.11. The van der Waals surface area contributed by atoms with Gasteiger partial charge < -0.3 is 14.3 Å². The van der Waals surface area contributed by atoms with E-state index in [2.05, 4.69) is 5.16 Å². The van der Waals surface area contributed by atoms with Gasteiger partial charge >= 0.3 is 5.97 Å². The van der Waals surface area contributed by atoms with Gasteiger partial charge in [0.1, 0.15) is 11.9 Å². The van der Waals surface area contributed by atoms with Crippen LogP contribution >= 0.6 is 0 Å². The van der Waals surface area contributed by atoms with E-state index < -0.39 is 0 Å². The van der Waals surface area contributed by atoms with Crippen LogP contribution < -0.4 is 4.74 Å². The minimum atomic E-state index is -0.108. The molecule has 1 heterocycles. The fourth-order valence-corrected chi connectivity index (χ4v) is 3.34. The van der Waals surface area contributed by atoms with Crippen LogP contribution in [0, 0.1) is 11.8 Å². The molecule has 1 aromatic rings. The first-order chi connectivity index (χ1) is 10.7. The molecule has 1 aliphatic carbocycles. The number of fused-ring (bicyclic) bond motifs is 1. The van der Waals surface area contributed by atoms with Gasteiger partial charge in [-0.2, -0.15) is 0 Å². The van der Waals surface area contributed by atoms with E-state index in [0.717, 1.165) is 42.7 Å². The van der Waals surface area contributed by atoms with Gasteiger partial charge in [-0.25, -0.2) is 0 Å². The van der Waals surface area contributed by atoms with E-state index >= 15 is 0 Å². The van der Waals surface area contributed by atoms with Crippen molar-refractivity contribution < 1.29 is 19.1 Å². The molecule has 0 aromatic heterocycles. The molecule has 1 saturated carbocycles. The number of rotatable bonds is 3. The molecule has 22 heavy (non-hydrogen) atoms. The third-order valence-electron chi connectivity index (χ3n) is 4.63. The van der Waals surface area contributed by atoms with Crippen molar-refractivity contribution in [1.82, 2.24) is 0 Å². The number of esters is 1. The van der Waals surface area contributed by atoms with Crippen molar-refractivity contribution in [2.45, 2.75) is 31.8 Å². The number of ether oxygens (including phenoxy) is 2. The Hall–Kier alpha value is -2.04. The van der Waals surface area contributed by atoms with Crippen molar-refractivity contribution in [2.24, 2.45) is 17.0 Å². The monoisotopic (exact) mass is 303 g/mol. The van der Waals surface area contributed by atoms with Crippen molar-refractivity contribution in [3.05, 3.63) is 29.8 Å². The summed E-state index contributed by atoms with van der Waals surface area (Å²) in [6, 6.07) is 7.87. The number of benzene rings is 1. The van der Waals surface area contributed by atoms with Crippen molar-refractivity contribution in [2.75, 3.05) is 14.2 Å². The number of hydrogen-bond acceptors (Lipinski definition) is 5. The summed E-state index contributed by atoms with van der Waals surface area (Å²) >= 11 is 0. The lowest BCUT2D eigenvalue weighted by Gasteiger charge is -2.15. The quantitative estimate of drug-likeness (QED) is 0.806. The first-order valence-corrected chi connectivity index (χ1v) is 7.69. The molecule has 5 nitrogen and oxygen atoms in total. The van der Waals surface area contributed by atoms with Crippen LogP contribution in [-0.4, -0.2) is 32.0 Å². The van der Waals surface area contributed by atoms with Crippen LogP contribution in [-0.2, 0) is 14.4 Å². The largest absolute Gasteiger partial charge is 0.497 e. The van der Waals surface area contributed by atoms with Crippen molar-refractivity contribution >= 4 is 11.7 Å². The number of carbonyl (C=O) groups is 1. The first kappa shape index (κ1) is 14.9. The number of nitrogens with zero attached hydrogens (tertiary/aromatic N) is 1. The van der Waals surface area contributed by atoms with Gasteiger partial charge in [0.2, 0.25) is 0 Å². The molecule has 0 amide bonds. The molecule has 0 saturated heterocycles. The zero-order chi connectivity index (χ0) is 15.5. The molecule has 3 atom stereocenters. The minimum Gasteiger partial charge on any atom is -0.497 e. The smallest absolute Gasteiger partial charge is 0.308 e. The fourth-order valence-electron chi connectivity index (χ4n) is 3.34. The van der Waals surface area contributed by atoms with Crippen LogP contribution in [0.15, 0.2) is 29.4 Å². The van der Waals surface area contributed by atoms with Crippen molar-refractivity contribution in [3.63, 3.8) is 0 Å². The zero-order valence-corrected chi connectivity index (χ0v) is 13.0. The van der Waals surface area contributed by atoms with Gasteiger partial charge in [0.25, 0.3) is 0 Å². The van der Waals surface area contributed by atoms with Crippen molar-refractivity contribution in [3.8, 4) is 5.75 Å². The molecular weight excluding hydrogens is 282 g/mol. The topological polar surface area (TPSA) is 57.1 Å². The van der Waals surface area contributed by atoms with Gasteiger partial charge in [-0.1, -0.05) is 5.16 Å². The third-order valence-corrected chi connectivity index (χ3v) is 4.63. The Morgan fingerprint density at radius 2 is 1.86 bits per heavy atom. The van der Waals surface area contributed by atoms with Gasteiger partial charge in [-0.15, -0.1) is 0 Å². The van der Waals surface area contributed by atoms with Gasteiger partial charge in [-0.3, -0.25) is 4.79 Å². The van der Waals surface area contributed by atoms with Gasteiger partial charge in [0.05, 0.1) is 25.8 Å². The van der Waals surface area contributed by atoms with E-state index in [0.29, 0.717) is 0 Å². The van der Waals surface area contributed by atoms with Gasteiger partial charge in [0, 0.05) is 5.92 Å². The maximum absolute atomic E-state index is 11.8. The molecular formula is C17H21NO4. The summed E-state index contributed by atoms with van der Waals surface area (Å²) in [6.45, 7) is 0. The molecule has 3 unspecified atom stereocenters. The molecule has 0 radical (unpaired) electrons. The second kappa shape index (κ2) is 6.38. The van der Waals surface area contributed by atoms with E-state index in [9.17, 15) is 4.79 Å². The van der Waals surface area contributed by atoms with Crippen LogP contribution in [0.1, 0.15) is 31.2 Å². The summed E-state index contributed by atoms with van der Waals surface area (Å²) in [4.78, 5) is 17.4. The molecule has 118 valence electrons. The molecule has 3 rings (SSSR count). The van der Waals surface area contributed by atoms with E-state index in [-0.39, 0.29) is 23.9 Å².